The molecule has 112 valence electrons. The molecule has 1 fully saturated rings. The number of ketones is 1. The second-order valence-electron chi connectivity index (χ2n) is 6.15. The second kappa shape index (κ2) is 5.35. The van der Waals surface area contributed by atoms with Gasteiger partial charge in [0.25, 0.3) is 0 Å². The van der Waals surface area contributed by atoms with E-state index in [4.69, 9.17) is 9.31 Å². The summed E-state index contributed by atoms with van der Waals surface area (Å²) in [6.45, 7) is 9.17. The van der Waals surface area contributed by atoms with Gasteiger partial charge in [-0.1, -0.05) is 12.1 Å². The van der Waals surface area contributed by atoms with Gasteiger partial charge in [-0.05, 0) is 46.2 Å². The molecule has 1 aromatic rings. The minimum Gasteiger partial charge on any atom is -0.400 e. The van der Waals surface area contributed by atoms with Gasteiger partial charge in [0.1, 0.15) is 0 Å². The number of halogens is 1. The standard InChI is InChI=1S/C15H19BFNO3/c1-10(19)12-8-11(9-18-13(12)17)6-7-16-20-14(2,3)15(4,5)21-16/h6-9H,1-5H3/b7-6+. The largest absolute Gasteiger partial charge is 0.487 e. The zero-order valence-electron chi connectivity index (χ0n) is 12.9. The number of rotatable bonds is 3. The Balaban J connectivity index is 2.16. The highest BCUT2D eigenvalue weighted by molar-refractivity contribution is 6.52. The van der Waals surface area contributed by atoms with Crippen molar-refractivity contribution in [2.75, 3.05) is 0 Å². The van der Waals surface area contributed by atoms with Crippen molar-refractivity contribution in [3.63, 3.8) is 0 Å². The van der Waals surface area contributed by atoms with Gasteiger partial charge in [0, 0.05) is 6.20 Å². The van der Waals surface area contributed by atoms with Gasteiger partial charge in [-0.15, -0.1) is 0 Å². The molecule has 2 rings (SSSR count). The van der Waals surface area contributed by atoms with Gasteiger partial charge >= 0.3 is 7.12 Å². The molecule has 2 heterocycles. The fraction of sp³-hybridized carbons (Fsp3) is 0.467. The number of hydrogen-bond donors (Lipinski definition) is 0. The summed E-state index contributed by atoms with van der Waals surface area (Å²) in [5.41, 5.74) is -0.219. The fourth-order valence-corrected chi connectivity index (χ4v) is 1.96. The number of nitrogens with zero attached hydrogens (tertiary/aromatic N) is 1. The molecule has 0 aliphatic carbocycles. The molecule has 0 aromatic carbocycles. The lowest BCUT2D eigenvalue weighted by atomic mass is 9.89. The highest BCUT2D eigenvalue weighted by Gasteiger charge is 2.49. The Morgan fingerprint density at radius 1 is 1.29 bits per heavy atom. The molecule has 1 aromatic heterocycles. The summed E-state index contributed by atoms with van der Waals surface area (Å²) in [5, 5.41) is 0. The van der Waals surface area contributed by atoms with Crippen molar-refractivity contribution in [1.82, 2.24) is 4.98 Å². The number of carbonyl (C=O) groups excluding carboxylic acids is 1. The molecule has 0 radical (unpaired) electrons. The van der Waals surface area contributed by atoms with Crippen LogP contribution in [0.4, 0.5) is 4.39 Å². The van der Waals surface area contributed by atoms with Gasteiger partial charge in [0.05, 0.1) is 16.8 Å². The number of pyridine rings is 1. The Labute approximate surface area is 124 Å². The first kappa shape index (κ1) is 15.9. The van der Waals surface area contributed by atoms with E-state index in [1.165, 1.54) is 19.2 Å². The molecule has 1 aliphatic rings. The van der Waals surface area contributed by atoms with E-state index < -0.39 is 24.3 Å². The van der Waals surface area contributed by atoms with Crippen LogP contribution in [0.25, 0.3) is 6.08 Å². The molecule has 0 bridgehead atoms. The van der Waals surface area contributed by atoms with E-state index in [1.54, 1.807) is 12.1 Å². The van der Waals surface area contributed by atoms with Crippen LogP contribution in [0.15, 0.2) is 18.2 Å². The molecule has 0 saturated carbocycles. The Hall–Kier alpha value is -1.53. The SMILES string of the molecule is CC(=O)c1cc(/C=C/B2OC(C)(C)C(C)(C)O2)cnc1F. The van der Waals surface area contributed by atoms with E-state index in [1.807, 2.05) is 27.7 Å². The monoisotopic (exact) mass is 291 g/mol. The van der Waals surface area contributed by atoms with Gasteiger partial charge in [-0.3, -0.25) is 4.79 Å². The number of Topliss-reactive ketones (excluding diaryl/α,β-unsaturated/α-hetero) is 1. The van der Waals surface area contributed by atoms with Crippen LogP contribution >= 0.6 is 0 Å². The molecule has 1 saturated heterocycles. The Kier molecular flexibility index (Phi) is 4.04. The summed E-state index contributed by atoms with van der Waals surface area (Å²) >= 11 is 0. The second-order valence-corrected chi connectivity index (χ2v) is 6.15. The molecule has 6 heteroatoms. The Morgan fingerprint density at radius 2 is 1.86 bits per heavy atom. The lowest BCUT2D eigenvalue weighted by molar-refractivity contribution is 0.00578. The maximum Gasteiger partial charge on any atom is 0.487 e. The summed E-state index contributed by atoms with van der Waals surface area (Å²) in [4.78, 5) is 14.9. The van der Waals surface area contributed by atoms with Crippen molar-refractivity contribution in [3.05, 3.63) is 35.3 Å². The molecule has 21 heavy (non-hydrogen) atoms. The van der Waals surface area contributed by atoms with Crippen molar-refractivity contribution < 1.29 is 18.5 Å². The normalized spacial score (nSPS) is 20.2. The molecule has 4 nitrogen and oxygen atoms in total. The van der Waals surface area contributed by atoms with Crippen LogP contribution in [-0.2, 0) is 9.31 Å². The van der Waals surface area contributed by atoms with Crippen LogP contribution in [0.2, 0.25) is 0 Å². The lowest BCUT2D eigenvalue weighted by Gasteiger charge is -2.32. The van der Waals surface area contributed by atoms with Crippen LogP contribution < -0.4 is 0 Å². The van der Waals surface area contributed by atoms with Gasteiger partial charge in [-0.2, -0.15) is 4.39 Å². The molecular weight excluding hydrogens is 272 g/mol. The summed E-state index contributed by atoms with van der Waals surface area (Å²) < 4.78 is 25.0. The molecule has 0 atom stereocenters. The van der Waals surface area contributed by atoms with Crippen LogP contribution in [0, 0.1) is 5.95 Å². The smallest absolute Gasteiger partial charge is 0.400 e. The first-order chi connectivity index (χ1) is 9.62. The van der Waals surface area contributed by atoms with Crippen molar-refractivity contribution in [2.45, 2.75) is 45.8 Å². The van der Waals surface area contributed by atoms with Crippen molar-refractivity contribution in [2.24, 2.45) is 0 Å². The lowest BCUT2D eigenvalue weighted by Crippen LogP contribution is -2.41. The molecule has 0 unspecified atom stereocenters. The van der Waals surface area contributed by atoms with E-state index in [-0.39, 0.29) is 11.3 Å². The van der Waals surface area contributed by atoms with E-state index in [2.05, 4.69) is 4.98 Å². The third kappa shape index (κ3) is 3.22. The van der Waals surface area contributed by atoms with Crippen LogP contribution in [0.1, 0.15) is 50.5 Å². The summed E-state index contributed by atoms with van der Waals surface area (Å²) in [6.07, 6.45) is 3.07. The van der Waals surface area contributed by atoms with Crippen molar-refractivity contribution in [1.29, 1.82) is 0 Å². The third-order valence-electron chi connectivity index (χ3n) is 3.96. The Bertz CT molecular complexity index is 583. The van der Waals surface area contributed by atoms with Crippen molar-refractivity contribution in [3.8, 4) is 0 Å². The average molecular weight is 291 g/mol. The maximum absolute atomic E-state index is 13.4. The van der Waals surface area contributed by atoms with E-state index in [9.17, 15) is 9.18 Å². The highest BCUT2D eigenvalue weighted by Crippen LogP contribution is 2.37. The minimum absolute atomic E-state index is 0.0222. The summed E-state index contributed by atoms with van der Waals surface area (Å²) in [7, 11) is -0.485. The van der Waals surface area contributed by atoms with Gasteiger partial charge in [0.2, 0.25) is 5.95 Å². The van der Waals surface area contributed by atoms with Crippen LogP contribution in [0.3, 0.4) is 0 Å². The Morgan fingerprint density at radius 3 is 2.38 bits per heavy atom. The molecule has 0 N–H and O–H groups in total. The van der Waals surface area contributed by atoms with Crippen molar-refractivity contribution >= 4 is 19.0 Å². The average Bonchev–Trinajstić information content (AvgIpc) is 2.56. The highest BCUT2D eigenvalue weighted by atomic mass is 19.1. The van der Waals surface area contributed by atoms with Crippen LogP contribution in [-0.4, -0.2) is 29.1 Å². The van der Waals surface area contributed by atoms with Gasteiger partial charge in [0.15, 0.2) is 5.78 Å². The first-order valence-electron chi connectivity index (χ1n) is 6.83. The number of hydrogen-bond acceptors (Lipinski definition) is 4. The quantitative estimate of drug-likeness (QED) is 0.488. The zero-order chi connectivity index (χ0) is 15.8. The molecular formula is C15H19BFNO3. The maximum atomic E-state index is 13.4. The van der Waals surface area contributed by atoms with Gasteiger partial charge in [-0.25, -0.2) is 4.98 Å². The number of carbonyl (C=O) groups is 1. The molecule has 0 amide bonds. The zero-order valence-corrected chi connectivity index (χ0v) is 12.9. The minimum atomic E-state index is -0.754. The fourth-order valence-electron chi connectivity index (χ4n) is 1.96. The predicted molar refractivity (Wildman–Crippen MR) is 79.3 cm³/mol. The number of aromatic nitrogens is 1. The first-order valence-corrected chi connectivity index (χ1v) is 6.83. The van der Waals surface area contributed by atoms with Crippen LogP contribution in [0.5, 0.6) is 0 Å². The predicted octanol–water partition coefficient (Wildman–Crippen LogP) is 3.07. The molecule has 0 spiro atoms. The summed E-state index contributed by atoms with van der Waals surface area (Å²) in [6, 6.07) is 1.46. The van der Waals surface area contributed by atoms with E-state index in [0.717, 1.165) is 0 Å². The van der Waals surface area contributed by atoms with E-state index in [0.29, 0.717) is 5.56 Å². The van der Waals surface area contributed by atoms with E-state index >= 15 is 0 Å². The van der Waals surface area contributed by atoms with Gasteiger partial charge < -0.3 is 9.31 Å². The molecule has 1 aliphatic heterocycles. The summed E-state index contributed by atoms with van der Waals surface area (Å²) in [5.74, 6) is 0.621. The topological polar surface area (TPSA) is 48.4 Å². The third-order valence-corrected chi connectivity index (χ3v) is 3.96.